The molecule has 1 amide bonds. The summed E-state index contributed by atoms with van der Waals surface area (Å²) in [6.07, 6.45) is 2.61. The number of carbonyl (C=O) groups excluding carboxylic acids is 1. The monoisotopic (exact) mass is 437 g/mol. The summed E-state index contributed by atoms with van der Waals surface area (Å²) in [5.74, 6) is -1.11. The predicted molar refractivity (Wildman–Crippen MR) is 124 cm³/mol. The molecule has 174 valence electrons. The van der Waals surface area contributed by atoms with Crippen molar-refractivity contribution in [2.75, 3.05) is 34.8 Å². The van der Waals surface area contributed by atoms with E-state index in [9.17, 15) is 13.6 Å². The minimum Gasteiger partial charge on any atom is -0.400 e. The first-order valence-corrected chi connectivity index (χ1v) is 10.4. The van der Waals surface area contributed by atoms with E-state index >= 15 is 0 Å². The van der Waals surface area contributed by atoms with Gasteiger partial charge in [0.1, 0.15) is 11.6 Å². The number of amides is 1. The smallest absolute Gasteiger partial charge is 0.209 e. The average Bonchev–Trinajstić information content (AvgIpc) is 3.08. The highest BCUT2D eigenvalue weighted by molar-refractivity contribution is 5.64. The molecular weight excluding hydrogens is 400 g/mol. The Morgan fingerprint density at radius 3 is 2.10 bits per heavy atom. The quantitative estimate of drug-likeness (QED) is 0.718. The van der Waals surface area contributed by atoms with Crippen LogP contribution in [0.5, 0.6) is 0 Å². The van der Waals surface area contributed by atoms with Crippen LogP contribution in [0.2, 0.25) is 0 Å². The molecule has 0 bridgehead atoms. The van der Waals surface area contributed by atoms with Gasteiger partial charge in [-0.25, -0.2) is 8.78 Å². The van der Waals surface area contributed by atoms with Gasteiger partial charge in [0, 0.05) is 39.4 Å². The second-order valence-electron chi connectivity index (χ2n) is 7.13. The van der Waals surface area contributed by atoms with Crippen molar-refractivity contribution in [1.82, 2.24) is 9.80 Å². The van der Waals surface area contributed by atoms with Crippen LogP contribution in [0.15, 0.2) is 42.5 Å². The van der Waals surface area contributed by atoms with E-state index in [2.05, 4.69) is 11.9 Å². The van der Waals surface area contributed by atoms with Crippen molar-refractivity contribution in [2.24, 2.45) is 5.73 Å². The van der Waals surface area contributed by atoms with Crippen molar-refractivity contribution in [3.8, 4) is 11.1 Å². The molecule has 31 heavy (non-hydrogen) atoms. The van der Waals surface area contributed by atoms with Crippen LogP contribution in [0.4, 0.5) is 8.78 Å². The Balaban J connectivity index is 0.000000867. The zero-order valence-electron chi connectivity index (χ0n) is 19.5. The molecule has 1 aliphatic heterocycles. The fourth-order valence-corrected chi connectivity index (χ4v) is 3.18. The third kappa shape index (κ3) is 10.0. The van der Waals surface area contributed by atoms with Crippen LogP contribution in [0.3, 0.4) is 0 Å². The Kier molecular flexibility index (Phi) is 14.3. The maximum atomic E-state index is 13.4. The van der Waals surface area contributed by atoms with Crippen LogP contribution in [0.1, 0.15) is 25.8 Å². The summed E-state index contributed by atoms with van der Waals surface area (Å²) in [6.45, 7) is 5.01. The van der Waals surface area contributed by atoms with Gasteiger partial charge in [0.25, 0.3) is 0 Å². The van der Waals surface area contributed by atoms with Gasteiger partial charge >= 0.3 is 0 Å². The van der Waals surface area contributed by atoms with E-state index in [4.69, 9.17) is 10.8 Å². The van der Waals surface area contributed by atoms with Gasteiger partial charge in [0.05, 0.1) is 0 Å². The first kappa shape index (κ1) is 28.6. The molecule has 5 nitrogen and oxygen atoms in total. The van der Waals surface area contributed by atoms with E-state index in [0.29, 0.717) is 11.6 Å². The summed E-state index contributed by atoms with van der Waals surface area (Å²) in [5.41, 5.74) is 8.68. The summed E-state index contributed by atoms with van der Waals surface area (Å²) in [6, 6.07) is 11.9. The van der Waals surface area contributed by atoms with E-state index in [-0.39, 0.29) is 6.04 Å². The molecule has 2 unspecified atom stereocenters. The highest BCUT2D eigenvalue weighted by atomic mass is 19.1. The zero-order chi connectivity index (χ0) is 24.0. The number of rotatable bonds is 4. The summed E-state index contributed by atoms with van der Waals surface area (Å²) in [7, 11) is 6.46. The molecule has 3 N–H and O–H groups in total. The molecule has 2 aromatic rings. The van der Waals surface area contributed by atoms with E-state index < -0.39 is 11.6 Å². The third-order valence-electron chi connectivity index (χ3n) is 4.65. The van der Waals surface area contributed by atoms with Gasteiger partial charge < -0.3 is 20.6 Å². The van der Waals surface area contributed by atoms with Crippen LogP contribution in [-0.2, 0) is 11.2 Å². The maximum absolute atomic E-state index is 13.4. The molecule has 3 rings (SSSR count). The number of aliphatic hydroxyl groups is 1. The minimum atomic E-state index is -0.557. The van der Waals surface area contributed by atoms with Gasteiger partial charge in [-0.3, -0.25) is 4.79 Å². The molecule has 0 aliphatic carbocycles. The van der Waals surface area contributed by atoms with E-state index in [1.165, 1.54) is 17.0 Å². The molecule has 0 saturated carbocycles. The maximum Gasteiger partial charge on any atom is 0.209 e. The number of aliphatic hydroxyl groups excluding tert-OH is 1. The summed E-state index contributed by atoms with van der Waals surface area (Å²) >= 11 is 0. The van der Waals surface area contributed by atoms with Gasteiger partial charge in [-0.05, 0) is 55.3 Å². The van der Waals surface area contributed by atoms with E-state index in [1.54, 1.807) is 14.1 Å². The van der Waals surface area contributed by atoms with Gasteiger partial charge in [0.15, 0.2) is 0 Å². The molecule has 2 aromatic carbocycles. The summed E-state index contributed by atoms with van der Waals surface area (Å²) in [5, 5.41) is 7.00. The first-order valence-electron chi connectivity index (χ1n) is 10.4. The van der Waals surface area contributed by atoms with Crippen LogP contribution in [-0.4, -0.2) is 68.2 Å². The molecule has 2 atom stereocenters. The topological polar surface area (TPSA) is 69.8 Å². The predicted octanol–water partition coefficient (Wildman–Crippen LogP) is 3.54. The Bertz CT molecular complexity index is 742. The van der Waals surface area contributed by atoms with Crippen molar-refractivity contribution < 1.29 is 18.7 Å². The highest BCUT2D eigenvalue weighted by Gasteiger charge is 2.28. The second kappa shape index (κ2) is 15.5. The Hall–Kier alpha value is -2.35. The molecule has 0 radical (unpaired) electrons. The zero-order valence-corrected chi connectivity index (χ0v) is 19.5. The number of hydrogen-bond donors (Lipinski definition) is 2. The second-order valence-corrected chi connectivity index (χ2v) is 7.13. The number of halogens is 2. The van der Waals surface area contributed by atoms with Crippen molar-refractivity contribution in [1.29, 1.82) is 0 Å². The number of nitrogens with zero attached hydrogens (tertiary/aromatic N) is 2. The van der Waals surface area contributed by atoms with E-state index in [0.717, 1.165) is 50.1 Å². The van der Waals surface area contributed by atoms with Gasteiger partial charge in [0.2, 0.25) is 6.41 Å². The number of carbonyl (C=O) groups is 1. The number of benzene rings is 2. The molecule has 7 heteroatoms. The summed E-state index contributed by atoms with van der Waals surface area (Å²) < 4.78 is 26.8. The van der Waals surface area contributed by atoms with Crippen LogP contribution in [0, 0.1) is 11.6 Å². The molecule has 1 heterocycles. The lowest BCUT2D eigenvalue weighted by atomic mass is 9.97. The molecule has 0 aromatic heterocycles. The number of hydrogen-bond acceptors (Lipinski definition) is 4. The van der Waals surface area contributed by atoms with Gasteiger partial charge in [-0.15, -0.1) is 0 Å². The Morgan fingerprint density at radius 1 is 1.10 bits per heavy atom. The van der Waals surface area contributed by atoms with Crippen molar-refractivity contribution >= 4 is 6.41 Å². The van der Waals surface area contributed by atoms with Crippen molar-refractivity contribution in [2.45, 2.75) is 38.8 Å². The van der Waals surface area contributed by atoms with Gasteiger partial charge in [-0.1, -0.05) is 38.1 Å². The van der Waals surface area contributed by atoms with Crippen LogP contribution >= 0.6 is 0 Å². The third-order valence-corrected chi connectivity index (χ3v) is 4.65. The lowest BCUT2D eigenvalue weighted by Crippen LogP contribution is -2.39. The lowest BCUT2D eigenvalue weighted by Gasteiger charge is -2.23. The Morgan fingerprint density at radius 2 is 1.65 bits per heavy atom. The fraction of sp³-hybridized carbons (Fsp3) is 0.458. The molecule has 1 aliphatic rings. The molecule has 0 spiro atoms. The normalized spacial score (nSPS) is 17.2. The Labute approximate surface area is 185 Å². The van der Waals surface area contributed by atoms with Crippen LogP contribution < -0.4 is 5.73 Å². The number of nitrogens with two attached hydrogens (primary N) is 1. The molecular formula is C24H37F2N3O2. The SMILES string of the molecule is CC.CN(C)C=O.CN1CCC(N)C1Cc1cccc(-c2cc(F)cc(F)c2)c1.CO. The molecule has 1 fully saturated rings. The van der Waals surface area contributed by atoms with E-state index in [1.807, 2.05) is 38.1 Å². The largest absolute Gasteiger partial charge is 0.400 e. The number of likely N-dealkylation sites (N-methyl/N-ethyl adjacent to an activating group) is 1. The molecule has 1 saturated heterocycles. The number of likely N-dealkylation sites (tertiary alicyclic amines) is 1. The first-order chi connectivity index (χ1) is 14.8. The lowest BCUT2D eigenvalue weighted by molar-refractivity contribution is -0.115. The fourth-order valence-electron chi connectivity index (χ4n) is 3.18. The average molecular weight is 438 g/mol. The highest BCUT2D eigenvalue weighted by Crippen LogP contribution is 2.25. The van der Waals surface area contributed by atoms with Crippen molar-refractivity contribution in [3.63, 3.8) is 0 Å². The van der Waals surface area contributed by atoms with Crippen LogP contribution in [0.25, 0.3) is 11.1 Å². The van der Waals surface area contributed by atoms with Crippen molar-refractivity contribution in [3.05, 3.63) is 59.7 Å². The minimum absolute atomic E-state index is 0.181. The van der Waals surface area contributed by atoms with Gasteiger partial charge in [-0.2, -0.15) is 0 Å². The summed E-state index contributed by atoms with van der Waals surface area (Å²) in [4.78, 5) is 13.2. The standard InChI is InChI=1S/C18H20F2N2.C3H7NO.C2H6.CH4O/c1-22-6-5-17(21)18(22)8-12-3-2-4-13(7-12)14-9-15(19)11-16(20)10-14;1-4(2)3-5;2*1-2/h2-4,7,9-11,17-18H,5-6,8,21H2,1H3;3H,1-2H3;1-2H3;2H,1H3.